The van der Waals surface area contributed by atoms with Gasteiger partial charge in [-0.15, -0.1) is 0 Å². The van der Waals surface area contributed by atoms with Crippen molar-refractivity contribution in [1.82, 2.24) is 52.4 Å². The molecule has 28 heteroatoms. The molecule has 0 radical (unpaired) electrons. The molecule has 0 bridgehead atoms. The largest absolute Gasteiger partial charge is 0.481 e. The average molecular weight is 1090 g/mol. The molecule has 7 atom stereocenters. The van der Waals surface area contributed by atoms with Crippen LogP contribution in [0.3, 0.4) is 0 Å². The van der Waals surface area contributed by atoms with Gasteiger partial charge in [-0.1, -0.05) is 72.1 Å². The first-order valence-corrected chi connectivity index (χ1v) is 25.9. The molecule has 5 rings (SSSR count). The van der Waals surface area contributed by atoms with E-state index >= 15 is 0 Å². The quantitative estimate of drug-likeness (QED) is 0.0214. The molecule has 1 fully saturated rings. The van der Waals surface area contributed by atoms with Gasteiger partial charge in [-0.3, -0.25) is 53.1 Å². The Bertz CT molecular complexity index is 2710. The van der Waals surface area contributed by atoms with Crippen LogP contribution in [0.25, 0.3) is 10.9 Å². The van der Waals surface area contributed by atoms with Crippen molar-refractivity contribution < 1.29 is 53.1 Å². The predicted molar refractivity (Wildman–Crippen MR) is 283 cm³/mol. The number of carboxylic acid groups (broad SMARTS) is 1. The van der Waals surface area contributed by atoms with Crippen LogP contribution >= 0.6 is 23.5 Å². The summed E-state index contributed by atoms with van der Waals surface area (Å²) in [6.45, 7) is -0.391. The van der Waals surface area contributed by atoms with Gasteiger partial charge >= 0.3 is 12.0 Å². The Hall–Kier alpha value is -8.32. The number of para-hydroxylation sites is 1. The smallest absolute Gasteiger partial charge is 0.325 e. The molecule has 1 saturated heterocycles. The first kappa shape index (κ1) is 58.6. The van der Waals surface area contributed by atoms with Crippen LogP contribution in [0, 0.1) is 10.5 Å². The number of imide groups is 1. The Kier molecular flexibility index (Phi) is 22.8. The van der Waals surface area contributed by atoms with Gasteiger partial charge in [0.05, 0.1) is 12.9 Å². The predicted octanol–water partition coefficient (Wildman–Crippen LogP) is -2.78. The van der Waals surface area contributed by atoms with E-state index in [0.29, 0.717) is 16.0 Å². The molecule has 26 nitrogen and oxygen atoms in total. The number of aliphatic imine (C=N–C) groups is 2. The Balaban J connectivity index is 1.59. The number of carbonyl (C=O) groups is 10. The van der Waals surface area contributed by atoms with Crippen molar-refractivity contribution in [2.75, 3.05) is 38.2 Å². The number of urea groups is 1. The first-order valence-electron chi connectivity index (χ1n) is 23.9. The van der Waals surface area contributed by atoms with Gasteiger partial charge in [0.2, 0.25) is 41.4 Å². The lowest BCUT2D eigenvalue weighted by Crippen LogP contribution is -2.61. The molecule has 0 spiro atoms. The fourth-order valence-electron chi connectivity index (χ4n) is 7.90. The number of carboxylic acids is 1. The number of carbonyl (C=O) groups excluding carboxylic acids is 9. The van der Waals surface area contributed by atoms with Gasteiger partial charge in [-0.25, -0.2) is 9.69 Å². The highest BCUT2D eigenvalue weighted by Gasteiger charge is 2.41. The van der Waals surface area contributed by atoms with Crippen LogP contribution in [0.2, 0.25) is 0 Å². The van der Waals surface area contributed by atoms with Crippen LogP contribution in [-0.2, 0) is 56.0 Å². The standard InChI is InChI=1S/C48H61N15O11S2/c1-52-26-53-17-15-33-43(70)60-34(20-27-8-3-2-4-9-27)44(71)57-31(12-7-16-54-47(50)51)41(68)61-35(21-28-22-55-30-11-6-5-10-29(28)30)45(72)62-36(40(49)67)24-75-18-19-76-25-37(63-38(64)23-56-48(63)74)46(73)59-32(42(69)58-33)13-14-39(65)66/h2-6,8-11,22,26,31-37,55H,7,12-17,20-21,23-25H2,1H3,(H2,49,67)(H,52,53)(H,56,74)(H,57,71)(H,58,69)(H,59,73)(H,60,70)(H,61,68)(H,62,72)(H,65,66)(H4,50,51,54)/t31-,32-,33-,34+,35-,36-,37-/m0/s1. The number of nitrogens with two attached hydrogens (primary N) is 3. The second-order valence-corrected chi connectivity index (χ2v) is 19.0. The summed E-state index contributed by atoms with van der Waals surface area (Å²) in [5.41, 5.74) is 18.8. The highest BCUT2D eigenvalue weighted by molar-refractivity contribution is 8.07. The summed E-state index contributed by atoms with van der Waals surface area (Å²) in [6.07, 6.45) is 1.46. The number of amides is 10. The van der Waals surface area contributed by atoms with Gasteiger partial charge in [-0.2, -0.15) is 0 Å². The summed E-state index contributed by atoms with van der Waals surface area (Å²) < 4.78 is 0. The zero-order valence-corrected chi connectivity index (χ0v) is 42.9. The number of guanidine groups is 1. The van der Waals surface area contributed by atoms with Crippen molar-refractivity contribution in [2.45, 2.75) is 87.2 Å². The third-order valence-electron chi connectivity index (χ3n) is 11.8. The molecule has 10 amide bonds. The zero-order chi connectivity index (χ0) is 55.1. The number of nitrogens with zero attached hydrogens (tertiary/aromatic N) is 3. The van der Waals surface area contributed by atoms with E-state index in [0.717, 1.165) is 34.4 Å². The summed E-state index contributed by atoms with van der Waals surface area (Å²) >= 11 is 1.63. The molecule has 0 saturated carbocycles. The number of aromatic amines is 1. The molecule has 2 aliphatic rings. The second kappa shape index (κ2) is 29.5. The minimum atomic E-state index is -1.66. The lowest BCUT2D eigenvalue weighted by molar-refractivity contribution is -0.139. The van der Waals surface area contributed by atoms with Crippen LogP contribution in [0.5, 0.6) is 0 Å². The molecule has 3 heterocycles. The van der Waals surface area contributed by atoms with E-state index in [4.69, 9.17) is 17.2 Å². The van der Waals surface area contributed by atoms with Crippen LogP contribution in [-0.4, -0.2) is 167 Å². The molecule has 16 N–H and O–H groups in total. The van der Waals surface area contributed by atoms with E-state index in [1.165, 1.54) is 13.4 Å². The lowest BCUT2D eigenvalue weighted by atomic mass is 10.0. The number of rotatable bonds is 17. The number of nitrogens with one attached hydrogen (secondary N) is 9. The number of H-pyrrole nitrogens is 1. The summed E-state index contributed by atoms with van der Waals surface area (Å²) in [7, 11) is 1.49. The average Bonchev–Trinajstić information content (AvgIpc) is 3.95. The van der Waals surface area contributed by atoms with Gasteiger partial charge in [0.1, 0.15) is 42.3 Å². The number of hydrogen-bond acceptors (Lipinski definition) is 14. The van der Waals surface area contributed by atoms with Crippen molar-refractivity contribution in [1.29, 1.82) is 0 Å². The highest BCUT2D eigenvalue weighted by atomic mass is 32.2. The minimum absolute atomic E-state index is 0.0216. The van der Waals surface area contributed by atoms with Gasteiger partial charge in [-0.05, 0) is 53.4 Å². The summed E-state index contributed by atoms with van der Waals surface area (Å²) in [4.78, 5) is 149. The molecule has 1 aromatic heterocycles. The van der Waals surface area contributed by atoms with Crippen LogP contribution < -0.4 is 59.7 Å². The van der Waals surface area contributed by atoms with Gasteiger partial charge in [0.15, 0.2) is 5.96 Å². The number of thioether (sulfide) groups is 2. The highest BCUT2D eigenvalue weighted by Crippen LogP contribution is 2.20. The number of fused-ring (bicyclic) bond motifs is 1. The molecule has 3 aromatic rings. The van der Waals surface area contributed by atoms with Crippen molar-refractivity contribution in [3.05, 3.63) is 71.9 Å². The van der Waals surface area contributed by atoms with Crippen molar-refractivity contribution in [3.8, 4) is 10.5 Å². The lowest BCUT2D eigenvalue weighted by Gasteiger charge is -2.28. The molecule has 2 aliphatic heterocycles. The van der Waals surface area contributed by atoms with Gasteiger partial charge in [0.25, 0.3) is 5.91 Å². The van der Waals surface area contributed by atoms with Crippen LogP contribution in [0.4, 0.5) is 4.79 Å². The van der Waals surface area contributed by atoms with Crippen molar-refractivity contribution in [3.63, 3.8) is 0 Å². The Morgan fingerprint density at radius 2 is 1.32 bits per heavy atom. The Labute approximate surface area is 444 Å². The van der Waals surface area contributed by atoms with Crippen molar-refractivity contribution >= 4 is 106 Å². The Morgan fingerprint density at radius 3 is 1.95 bits per heavy atom. The monoisotopic (exact) mass is 1090 g/mol. The van der Waals surface area contributed by atoms with Crippen molar-refractivity contribution in [2.24, 2.45) is 27.2 Å². The van der Waals surface area contributed by atoms with E-state index in [1.807, 2.05) is 18.2 Å². The maximum absolute atomic E-state index is 14.7. The molecule has 0 unspecified atom stereocenters. The molecular weight excluding hydrogens is 1030 g/mol. The normalized spacial score (nSPS) is 22.8. The minimum Gasteiger partial charge on any atom is -0.481 e. The first-order chi connectivity index (χ1) is 36.4. The van der Waals surface area contributed by atoms with E-state index in [2.05, 4.69) is 68.0 Å². The maximum atomic E-state index is 14.7. The number of hydrogen-bond donors (Lipinski definition) is 13. The molecule has 2 aromatic carbocycles. The molecular formula is C48H61N15O11S2. The summed E-state index contributed by atoms with van der Waals surface area (Å²) in [5, 5.41) is 36.8. The topological polar surface area (TPSA) is 409 Å². The van der Waals surface area contributed by atoms with E-state index in [-0.39, 0.29) is 62.7 Å². The van der Waals surface area contributed by atoms with E-state index in [9.17, 15) is 53.1 Å². The van der Waals surface area contributed by atoms with Gasteiger partial charge in [0, 0.05) is 68.0 Å². The third-order valence-corrected chi connectivity index (χ3v) is 13.4. The molecule has 76 heavy (non-hydrogen) atoms. The molecule has 406 valence electrons. The summed E-state index contributed by atoms with van der Waals surface area (Å²) in [5.74, 6) is -9.37. The van der Waals surface area contributed by atoms with Crippen LogP contribution in [0.1, 0.15) is 43.2 Å². The number of aliphatic carboxylic acids is 1. The van der Waals surface area contributed by atoms with E-state index < -0.39 is 121 Å². The number of aromatic nitrogens is 1. The Morgan fingerprint density at radius 1 is 0.737 bits per heavy atom. The maximum Gasteiger partial charge on any atom is 0.325 e. The van der Waals surface area contributed by atoms with Crippen LogP contribution in [0.15, 0.2) is 70.8 Å². The van der Waals surface area contributed by atoms with E-state index in [1.54, 1.807) is 42.6 Å². The fourth-order valence-corrected chi connectivity index (χ4v) is 9.41. The van der Waals surface area contributed by atoms with Gasteiger partial charge < -0.3 is 69.8 Å². The third kappa shape index (κ3) is 18.0. The number of primary amides is 1. The SMILES string of the molecule is CN=CNCC[C@@H]1NC(=O)[C@H](CCC(=O)O)NC(=O)[C@@H](N2C(=O)CNC2=O)CSC#CSC[C@@H](C(N)=O)NC(=O)[C@H](Cc2c[nH]c3ccccc23)NC(=O)[C@H](CCCN=C(N)N)NC(=O)[C@@H](Cc2ccccc2)NC1=O. The summed E-state index contributed by atoms with van der Waals surface area (Å²) in [6, 6.07) is 4.49. The zero-order valence-electron chi connectivity index (χ0n) is 41.3. The number of benzene rings is 2. The molecule has 0 aliphatic carbocycles. The second-order valence-electron chi connectivity index (χ2n) is 17.3. The fraction of sp³-hybridized carbons (Fsp3) is 0.417.